The highest BCUT2D eigenvalue weighted by molar-refractivity contribution is 6.30. The Hall–Kier alpha value is -1.06. The highest BCUT2D eigenvalue weighted by Gasteiger charge is 2.26. The Balaban J connectivity index is 1.87. The zero-order valence-corrected chi connectivity index (χ0v) is 12.1. The van der Waals surface area contributed by atoms with Crippen LogP contribution in [0.2, 0.25) is 5.02 Å². The molecule has 1 heterocycles. The molecule has 1 aliphatic rings. The van der Waals surface area contributed by atoms with Crippen molar-refractivity contribution in [3.05, 3.63) is 34.9 Å². The summed E-state index contributed by atoms with van der Waals surface area (Å²) in [5.41, 5.74) is 7.03. The molecule has 1 fully saturated rings. The summed E-state index contributed by atoms with van der Waals surface area (Å²) in [7, 11) is 0. The number of halogens is 1. The fourth-order valence-corrected chi connectivity index (χ4v) is 2.88. The van der Waals surface area contributed by atoms with Crippen molar-refractivity contribution in [2.75, 3.05) is 6.54 Å². The van der Waals surface area contributed by atoms with Crippen LogP contribution < -0.4 is 5.73 Å². The summed E-state index contributed by atoms with van der Waals surface area (Å²) in [4.78, 5) is 14.2. The van der Waals surface area contributed by atoms with Gasteiger partial charge in [0.25, 0.3) is 0 Å². The number of carbonyl (C=O) groups excluding carboxylic acids is 1. The number of likely N-dealkylation sites (tertiary alicyclic amines) is 1. The lowest BCUT2D eigenvalue weighted by molar-refractivity contribution is -0.134. The van der Waals surface area contributed by atoms with Crippen molar-refractivity contribution in [1.82, 2.24) is 4.90 Å². The summed E-state index contributed by atoms with van der Waals surface area (Å²) in [6.45, 7) is 2.87. The van der Waals surface area contributed by atoms with E-state index in [0.717, 1.165) is 36.4 Å². The van der Waals surface area contributed by atoms with Crippen LogP contribution in [0, 0.1) is 0 Å². The molecule has 1 saturated heterocycles. The Bertz CT molecular complexity index is 450. The molecule has 104 valence electrons. The molecule has 1 amide bonds. The summed E-state index contributed by atoms with van der Waals surface area (Å²) in [5, 5.41) is 0.724. The van der Waals surface area contributed by atoms with Gasteiger partial charge in [-0.3, -0.25) is 4.79 Å². The molecule has 1 aliphatic heterocycles. The SMILES string of the molecule is C[C@@H]1C[C@@H](N)CCN1C(=O)CCc1cccc(Cl)c1. The van der Waals surface area contributed by atoms with E-state index in [9.17, 15) is 4.79 Å². The third-order valence-electron chi connectivity index (χ3n) is 3.75. The number of benzene rings is 1. The number of hydrogen-bond acceptors (Lipinski definition) is 2. The highest BCUT2D eigenvalue weighted by Crippen LogP contribution is 2.18. The molecule has 1 aromatic rings. The van der Waals surface area contributed by atoms with Gasteiger partial charge in [0.1, 0.15) is 0 Å². The van der Waals surface area contributed by atoms with Gasteiger partial charge in [0, 0.05) is 30.1 Å². The van der Waals surface area contributed by atoms with Crippen LogP contribution in [0.4, 0.5) is 0 Å². The fourth-order valence-electron chi connectivity index (χ4n) is 2.67. The van der Waals surface area contributed by atoms with Crippen LogP contribution in [0.15, 0.2) is 24.3 Å². The zero-order valence-electron chi connectivity index (χ0n) is 11.3. The Morgan fingerprint density at radius 3 is 3.00 bits per heavy atom. The molecule has 2 rings (SSSR count). The fraction of sp³-hybridized carbons (Fsp3) is 0.533. The van der Waals surface area contributed by atoms with Gasteiger partial charge in [-0.1, -0.05) is 23.7 Å². The van der Waals surface area contributed by atoms with Crippen molar-refractivity contribution in [1.29, 1.82) is 0 Å². The van der Waals surface area contributed by atoms with Gasteiger partial charge in [0.05, 0.1) is 0 Å². The van der Waals surface area contributed by atoms with E-state index in [1.165, 1.54) is 0 Å². The maximum atomic E-state index is 12.2. The second-order valence-electron chi connectivity index (χ2n) is 5.35. The first-order valence-corrected chi connectivity index (χ1v) is 7.23. The van der Waals surface area contributed by atoms with Crippen LogP contribution in [0.1, 0.15) is 31.7 Å². The number of nitrogens with zero attached hydrogens (tertiary/aromatic N) is 1. The monoisotopic (exact) mass is 280 g/mol. The van der Waals surface area contributed by atoms with E-state index in [1.54, 1.807) is 0 Å². The first-order valence-electron chi connectivity index (χ1n) is 6.86. The second-order valence-corrected chi connectivity index (χ2v) is 5.79. The van der Waals surface area contributed by atoms with Crippen molar-refractivity contribution in [3.63, 3.8) is 0 Å². The predicted octanol–water partition coefficient (Wildman–Crippen LogP) is 2.61. The zero-order chi connectivity index (χ0) is 13.8. The van der Waals surface area contributed by atoms with Gasteiger partial charge < -0.3 is 10.6 Å². The number of aryl methyl sites for hydroxylation is 1. The number of amides is 1. The Labute approximate surface area is 119 Å². The number of rotatable bonds is 3. The summed E-state index contributed by atoms with van der Waals surface area (Å²) in [6, 6.07) is 8.20. The lowest BCUT2D eigenvalue weighted by atomic mass is 9.98. The van der Waals surface area contributed by atoms with Crippen LogP contribution in [0.5, 0.6) is 0 Å². The van der Waals surface area contributed by atoms with E-state index < -0.39 is 0 Å². The summed E-state index contributed by atoms with van der Waals surface area (Å²) >= 11 is 5.94. The minimum atomic E-state index is 0.222. The normalized spacial score (nSPS) is 23.4. The lowest BCUT2D eigenvalue weighted by Crippen LogP contribution is -2.48. The highest BCUT2D eigenvalue weighted by atomic mass is 35.5. The molecule has 0 radical (unpaired) electrons. The van der Waals surface area contributed by atoms with E-state index in [-0.39, 0.29) is 18.0 Å². The Morgan fingerprint density at radius 1 is 1.53 bits per heavy atom. The molecule has 1 aromatic carbocycles. The van der Waals surface area contributed by atoms with Crippen molar-refractivity contribution in [2.45, 2.75) is 44.7 Å². The molecule has 0 unspecified atom stereocenters. The molecule has 2 atom stereocenters. The third-order valence-corrected chi connectivity index (χ3v) is 3.99. The van der Waals surface area contributed by atoms with E-state index in [0.29, 0.717) is 6.42 Å². The van der Waals surface area contributed by atoms with Gasteiger partial charge in [-0.05, 0) is 43.9 Å². The molecule has 4 heteroatoms. The molecule has 0 aliphatic carbocycles. The molecule has 19 heavy (non-hydrogen) atoms. The van der Waals surface area contributed by atoms with Crippen LogP contribution in [-0.2, 0) is 11.2 Å². The smallest absolute Gasteiger partial charge is 0.223 e. The topological polar surface area (TPSA) is 46.3 Å². The molecular formula is C15H21ClN2O. The maximum Gasteiger partial charge on any atom is 0.223 e. The van der Waals surface area contributed by atoms with Crippen molar-refractivity contribution in [2.24, 2.45) is 5.73 Å². The van der Waals surface area contributed by atoms with Crippen molar-refractivity contribution < 1.29 is 4.79 Å². The standard InChI is InChI=1S/C15H21ClN2O/c1-11-9-14(17)7-8-18(11)15(19)6-5-12-3-2-4-13(16)10-12/h2-4,10-11,14H,5-9,17H2,1H3/t11-,14+/m1/s1. The average molecular weight is 281 g/mol. The van der Waals surface area contributed by atoms with Crippen LogP contribution in [0.3, 0.4) is 0 Å². The average Bonchev–Trinajstić information content (AvgIpc) is 2.36. The molecule has 2 N–H and O–H groups in total. The number of carbonyl (C=O) groups is 1. The van der Waals surface area contributed by atoms with Crippen LogP contribution in [-0.4, -0.2) is 29.4 Å². The first kappa shape index (κ1) is 14.4. The van der Waals surface area contributed by atoms with E-state index in [1.807, 2.05) is 29.2 Å². The number of piperidine rings is 1. The molecule has 0 aromatic heterocycles. The van der Waals surface area contributed by atoms with Crippen LogP contribution in [0.25, 0.3) is 0 Å². The van der Waals surface area contributed by atoms with Gasteiger partial charge in [0.15, 0.2) is 0 Å². The number of nitrogens with two attached hydrogens (primary N) is 1. The minimum Gasteiger partial charge on any atom is -0.340 e. The van der Waals surface area contributed by atoms with Crippen LogP contribution >= 0.6 is 11.6 Å². The van der Waals surface area contributed by atoms with E-state index in [2.05, 4.69) is 6.92 Å². The van der Waals surface area contributed by atoms with Gasteiger partial charge >= 0.3 is 0 Å². The van der Waals surface area contributed by atoms with E-state index in [4.69, 9.17) is 17.3 Å². The molecule has 3 nitrogen and oxygen atoms in total. The molecular weight excluding hydrogens is 260 g/mol. The Kier molecular flexibility index (Phi) is 4.83. The van der Waals surface area contributed by atoms with Gasteiger partial charge in [0.2, 0.25) is 5.91 Å². The van der Waals surface area contributed by atoms with Gasteiger partial charge in [-0.2, -0.15) is 0 Å². The summed E-state index contributed by atoms with van der Waals surface area (Å²) in [5.74, 6) is 0.222. The molecule has 0 saturated carbocycles. The third kappa shape index (κ3) is 3.95. The lowest BCUT2D eigenvalue weighted by Gasteiger charge is -2.36. The van der Waals surface area contributed by atoms with Crippen molar-refractivity contribution in [3.8, 4) is 0 Å². The van der Waals surface area contributed by atoms with Crippen molar-refractivity contribution >= 4 is 17.5 Å². The largest absolute Gasteiger partial charge is 0.340 e. The van der Waals surface area contributed by atoms with E-state index >= 15 is 0 Å². The predicted molar refractivity (Wildman–Crippen MR) is 78.2 cm³/mol. The number of hydrogen-bond donors (Lipinski definition) is 1. The Morgan fingerprint density at radius 2 is 2.32 bits per heavy atom. The summed E-state index contributed by atoms with van der Waals surface area (Å²) in [6.07, 6.45) is 3.10. The van der Waals surface area contributed by atoms with Gasteiger partial charge in [-0.15, -0.1) is 0 Å². The first-order chi connectivity index (χ1) is 9.06. The summed E-state index contributed by atoms with van der Waals surface area (Å²) < 4.78 is 0. The van der Waals surface area contributed by atoms with Gasteiger partial charge in [-0.25, -0.2) is 0 Å². The molecule has 0 bridgehead atoms. The molecule has 0 spiro atoms. The minimum absolute atomic E-state index is 0.222. The quantitative estimate of drug-likeness (QED) is 0.925. The second kappa shape index (κ2) is 6.40. The maximum absolute atomic E-state index is 12.2.